The molecule has 1 aliphatic carbocycles. The number of nitrogens with zero attached hydrogens (tertiary/aromatic N) is 3. The van der Waals surface area contributed by atoms with Gasteiger partial charge in [0, 0.05) is 30.9 Å². The van der Waals surface area contributed by atoms with Gasteiger partial charge in [-0.3, -0.25) is 4.79 Å². The molecule has 1 atom stereocenters. The van der Waals surface area contributed by atoms with E-state index >= 15 is 0 Å². The Hall–Kier alpha value is -2.42. The molecule has 2 N–H and O–H groups in total. The molecule has 182 valence electrons. The maximum atomic E-state index is 12.0. The van der Waals surface area contributed by atoms with Crippen LogP contribution in [0.1, 0.15) is 34.4 Å². The highest BCUT2D eigenvalue weighted by atomic mass is 35.5. The van der Waals surface area contributed by atoms with Crippen LogP contribution in [-0.2, 0) is 17.6 Å². The zero-order valence-electron chi connectivity index (χ0n) is 20.2. The summed E-state index contributed by atoms with van der Waals surface area (Å²) < 4.78 is 6.04. The topological polar surface area (TPSA) is 79.4 Å². The standard InChI is InChI=1S/C25H32ClN5O2S/c1-15-10-19(20(11-16(15)2)33-9-5-8-26)30-24-23-18-7-6-17(27-13-22(32)31(3)4)12-21(18)34-25(23)29-14-28-24/h10-11,14,17,27H,5-9,12-13H2,1-4H3,(H,28,29,30). The molecule has 0 spiro atoms. The van der Waals surface area contributed by atoms with E-state index < -0.39 is 0 Å². The lowest BCUT2D eigenvalue weighted by molar-refractivity contribution is -0.127. The molecule has 0 fully saturated rings. The van der Waals surface area contributed by atoms with Gasteiger partial charge in [-0.15, -0.1) is 22.9 Å². The normalized spacial score (nSPS) is 15.3. The van der Waals surface area contributed by atoms with Crippen LogP contribution in [0.2, 0.25) is 0 Å². The van der Waals surface area contributed by atoms with Crippen LogP contribution in [0.3, 0.4) is 0 Å². The third kappa shape index (κ3) is 5.45. The Morgan fingerprint density at radius 3 is 2.82 bits per heavy atom. The van der Waals surface area contributed by atoms with Gasteiger partial charge in [0.15, 0.2) is 0 Å². The Bertz CT molecular complexity index is 1180. The Kier molecular flexibility index (Phi) is 7.91. The van der Waals surface area contributed by atoms with Gasteiger partial charge >= 0.3 is 0 Å². The fourth-order valence-electron chi connectivity index (χ4n) is 4.14. The highest BCUT2D eigenvalue weighted by Gasteiger charge is 2.26. The lowest BCUT2D eigenvalue weighted by atomic mass is 9.93. The van der Waals surface area contributed by atoms with Gasteiger partial charge in [-0.2, -0.15) is 0 Å². The molecule has 7 nitrogen and oxygen atoms in total. The number of aryl methyl sites for hydroxylation is 3. The summed E-state index contributed by atoms with van der Waals surface area (Å²) in [6.45, 7) is 5.11. The minimum absolute atomic E-state index is 0.0944. The van der Waals surface area contributed by atoms with Crippen molar-refractivity contribution >= 4 is 50.6 Å². The average molecular weight is 502 g/mol. The van der Waals surface area contributed by atoms with E-state index in [-0.39, 0.29) is 11.9 Å². The molecule has 0 aliphatic heterocycles. The fraction of sp³-hybridized carbons (Fsp3) is 0.480. The van der Waals surface area contributed by atoms with Gasteiger partial charge < -0.3 is 20.3 Å². The van der Waals surface area contributed by atoms with Crippen molar-refractivity contribution < 1.29 is 9.53 Å². The number of hydrogen-bond donors (Lipinski definition) is 2. The van der Waals surface area contributed by atoms with E-state index in [2.05, 4.69) is 46.6 Å². The van der Waals surface area contributed by atoms with E-state index in [1.165, 1.54) is 21.6 Å². The number of halogens is 1. The van der Waals surface area contributed by atoms with Crippen LogP contribution >= 0.6 is 22.9 Å². The number of amides is 1. The summed E-state index contributed by atoms with van der Waals surface area (Å²) >= 11 is 7.56. The van der Waals surface area contributed by atoms with Crippen molar-refractivity contribution in [2.24, 2.45) is 0 Å². The van der Waals surface area contributed by atoms with Gasteiger partial charge in [0.1, 0.15) is 22.7 Å². The molecule has 3 aromatic rings. The SMILES string of the molecule is Cc1cc(Nc2ncnc3sc4c(c23)CCC(NCC(=O)N(C)C)C4)c(OCCCCl)cc1C. The lowest BCUT2D eigenvalue weighted by Crippen LogP contribution is -2.41. The predicted octanol–water partition coefficient (Wildman–Crippen LogP) is 4.59. The number of benzene rings is 1. The molecular weight excluding hydrogens is 470 g/mol. The number of anilines is 2. The van der Waals surface area contributed by atoms with Crippen LogP contribution in [-0.4, -0.2) is 59.9 Å². The molecule has 1 aliphatic rings. The molecular formula is C25H32ClN5O2S. The summed E-state index contributed by atoms with van der Waals surface area (Å²) in [5, 5.41) is 8.06. The first-order chi connectivity index (χ1) is 16.4. The molecule has 9 heteroatoms. The van der Waals surface area contributed by atoms with Crippen molar-refractivity contribution in [2.75, 3.05) is 38.4 Å². The molecule has 0 radical (unpaired) electrons. The molecule has 2 heterocycles. The number of aromatic nitrogens is 2. The minimum atomic E-state index is 0.0944. The van der Waals surface area contributed by atoms with Crippen molar-refractivity contribution in [2.45, 2.75) is 45.6 Å². The molecule has 0 saturated carbocycles. The Morgan fingerprint density at radius 2 is 2.06 bits per heavy atom. The number of carbonyl (C=O) groups excluding carboxylic acids is 1. The summed E-state index contributed by atoms with van der Waals surface area (Å²) in [5.74, 6) is 2.28. The number of fused-ring (bicyclic) bond motifs is 3. The second-order valence-electron chi connectivity index (χ2n) is 8.96. The zero-order valence-corrected chi connectivity index (χ0v) is 21.8. The Balaban J connectivity index is 1.59. The van der Waals surface area contributed by atoms with Crippen molar-refractivity contribution in [3.63, 3.8) is 0 Å². The van der Waals surface area contributed by atoms with Crippen LogP contribution in [0.15, 0.2) is 18.5 Å². The van der Waals surface area contributed by atoms with Gasteiger partial charge in [-0.1, -0.05) is 0 Å². The molecule has 2 aromatic heterocycles. The zero-order chi connectivity index (χ0) is 24.2. The maximum Gasteiger partial charge on any atom is 0.236 e. The van der Waals surface area contributed by atoms with E-state index in [1.807, 2.05) is 0 Å². The van der Waals surface area contributed by atoms with Crippen molar-refractivity contribution in [3.05, 3.63) is 40.0 Å². The molecule has 0 bridgehead atoms. The number of nitrogens with one attached hydrogen (secondary N) is 2. The lowest BCUT2D eigenvalue weighted by Gasteiger charge is -2.24. The second-order valence-corrected chi connectivity index (χ2v) is 10.4. The third-order valence-corrected chi connectivity index (χ3v) is 7.70. The number of thiophene rings is 1. The number of carbonyl (C=O) groups is 1. The quantitative estimate of drug-likeness (QED) is 0.329. The highest BCUT2D eigenvalue weighted by molar-refractivity contribution is 7.19. The summed E-state index contributed by atoms with van der Waals surface area (Å²) in [4.78, 5) is 25.1. The Morgan fingerprint density at radius 1 is 1.26 bits per heavy atom. The van der Waals surface area contributed by atoms with Gasteiger partial charge in [0.05, 0.1) is 24.2 Å². The number of likely N-dealkylation sites (N-methyl/N-ethyl adjacent to an activating group) is 1. The fourth-order valence-corrected chi connectivity index (χ4v) is 5.52. The molecule has 0 saturated heterocycles. The first-order valence-electron chi connectivity index (χ1n) is 11.6. The van der Waals surface area contributed by atoms with Crippen molar-refractivity contribution in [3.8, 4) is 5.75 Å². The van der Waals surface area contributed by atoms with E-state index in [0.29, 0.717) is 19.0 Å². The Labute approximate surface area is 209 Å². The molecule has 1 unspecified atom stereocenters. The minimum Gasteiger partial charge on any atom is -0.491 e. The number of alkyl halides is 1. The van der Waals surface area contributed by atoms with E-state index in [4.69, 9.17) is 16.3 Å². The summed E-state index contributed by atoms with van der Waals surface area (Å²) in [6.07, 6.45) is 5.21. The molecule has 1 amide bonds. The van der Waals surface area contributed by atoms with Gasteiger partial charge in [0.25, 0.3) is 0 Å². The van der Waals surface area contributed by atoms with E-state index in [0.717, 1.165) is 53.2 Å². The van der Waals surface area contributed by atoms with Crippen LogP contribution in [0, 0.1) is 13.8 Å². The largest absolute Gasteiger partial charge is 0.491 e. The summed E-state index contributed by atoms with van der Waals surface area (Å²) in [6, 6.07) is 4.47. The number of rotatable bonds is 9. The summed E-state index contributed by atoms with van der Waals surface area (Å²) in [5.41, 5.74) is 4.58. The molecule has 4 rings (SSSR count). The second kappa shape index (κ2) is 10.9. The van der Waals surface area contributed by atoms with Gasteiger partial charge in [-0.05, 0) is 68.4 Å². The van der Waals surface area contributed by atoms with Gasteiger partial charge in [0.2, 0.25) is 5.91 Å². The van der Waals surface area contributed by atoms with E-state index in [1.54, 1.807) is 36.7 Å². The molecule has 1 aromatic carbocycles. The average Bonchev–Trinajstić information content (AvgIpc) is 3.19. The van der Waals surface area contributed by atoms with Crippen LogP contribution in [0.4, 0.5) is 11.5 Å². The van der Waals surface area contributed by atoms with Crippen molar-refractivity contribution in [1.29, 1.82) is 0 Å². The number of ether oxygens (including phenoxy) is 1. The smallest absolute Gasteiger partial charge is 0.236 e. The monoisotopic (exact) mass is 501 g/mol. The van der Waals surface area contributed by atoms with E-state index in [9.17, 15) is 4.79 Å². The first-order valence-corrected chi connectivity index (χ1v) is 13.0. The highest BCUT2D eigenvalue weighted by Crippen LogP contribution is 2.40. The van der Waals surface area contributed by atoms with Crippen LogP contribution in [0.5, 0.6) is 5.75 Å². The van der Waals surface area contributed by atoms with Gasteiger partial charge in [-0.25, -0.2) is 9.97 Å². The van der Waals surface area contributed by atoms with Crippen LogP contribution < -0.4 is 15.4 Å². The number of hydrogen-bond acceptors (Lipinski definition) is 7. The van der Waals surface area contributed by atoms with Crippen LogP contribution in [0.25, 0.3) is 10.2 Å². The predicted molar refractivity (Wildman–Crippen MR) is 140 cm³/mol. The summed E-state index contributed by atoms with van der Waals surface area (Å²) in [7, 11) is 3.57. The first kappa shape index (κ1) is 24.7. The van der Waals surface area contributed by atoms with Crippen molar-refractivity contribution in [1.82, 2.24) is 20.2 Å². The third-order valence-electron chi connectivity index (χ3n) is 6.27. The maximum absolute atomic E-state index is 12.0. The molecule has 34 heavy (non-hydrogen) atoms.